The van der Waals surface area contributed by atoms with Gasteiger partial charge in [-0.25, -0.2) is 14.4 Å². The summed E-state index contributed by atoms with van der Waals surface area (Å²) in [4.78, 5) is 86.3. The summed E-state index contributed by atoms with van der Waals surface area (Å²) in [5.41, 5.74) is 21.7. The molecule has 0 unspecified atom stereocenters. The molecule has 0 aromatic heterocycles. The van der Waals surface area contributed by atoms with Crippen LogP contribution >= 0.6 is 15.9 Å². The van der Waals surface area contributed by atoms with Gasteiger partial charge in [-0.1, -0.05) is 121 Å². The molecule has 0 amide bonds. The van der Waals surface area contributed by atoms with Crippen molar-refractivity contribution in [2.45, 2.75) is 40.0 Å². The summed E-state index contributed by atoms with van der Waals surface area (Å²) >= 11 is 3.36. The quantitative estimate of drug-likeness (QED) is 0.0306. The Morgan fingerprint density at radius 1 is 0.443 bits per heavy atom. The summed E-state index contributed by atoms with van der Waals surface area (Å²) in [6.45, 7) is 16.4. The van der Waals surface area contributed by atoms with E-state index in [0.717, 1.165) is 39.0 Å². The summed E-state index contributed by atoms with van der Waals surface area (Å²) in [5, 5.41) is 6.71. The molecule has 9 rings (SSSR count). The van der Waals surface area contributed by atoms with Crippen molar-refractivity contribution in [2.24, 2.45) is 0 Å². The van der Waals surface area contributed by atoms with Crippen LogP contribution in [0.25, 0.3) is 0 Å². The third kappa shape index (κ3) is 14.5. The van der Waals surface area contributed by atoms with Crippen molar-refractivity contribution < 1.29 is 47.8 Å². The molecule has 0 spiro atoms. The van der Waals surface area contributed by atoms with Crippen molar-refractivity contribution in [1.29, 1.82) is 0 Å². The average Bonchev–Trinajstić information content (AvgIpc) is 3.61. The molecule has 2 aliphatic carbocycles. The Kier molecular flexibility index (Phi) is 18.9. The van der Waals surface area contributed by atoms with Crippen LogP contribution in [0.4, 0.5) is 34.1 Å². The second-order valence-electron chi connectivity index (χ2n) is 18.7. The molecule has 79 heavy (non-hydrogen) atoms. The van der Waals surface area contributed by atoms with E-state index < -0.39 is 11.9 Å². The minimum atomic E-state index is -0.421. The maximum absolute atomic E-state index is 13.7. The molecule has 2 aliphatic rings. The van der Waals surface area contributed by atoms with Crippen LogP contribution in [0, 0.1) is 0 Å². The van der Waals surface area contributed by atoms with Gasteiger partial charge in [0, 0.05) is 102 Å². The third-order valence-electron chi connectivity index (χ3n) is 12.4. The zero-order chi connectivity index (χ0) is 56.9. The van der Waals surface area contributed by atoms with Gasteiger partial charge in [0.25, 0.3) is 0 Å². The van der Waals surface area contributed by atoms with Crippen LogP contribution in [-0.4, -0.2) is 60.9 Å². The van der Waals surface area contributed by atoms with Gasteiger partial charge in [-0.2, -0.15) is 0 Å². The number of halogens is 1. The van der Waals surface area contributed by atoms with Crippen molar-refractivity contribution >= 4 is 91.1 Å². The summed E-state index contributed by atoms with van der Waals surface area (Å²) in [5.74, 6) is -2.05. The van der Waals surface area contributed by atoms with Gasteiger partial charge in [0.1, 0.15) is 0 Å². The summed E-state index contributed by atoms with van der Waals surface area (Å²) in [6.07, 6.45) is 1.82. The molecule has 15 heteroatoms. The zero-order valence-electron chi connectivity index (χ0n) is 43.8. The number of nitrogens with two attached hydrogens (primary N) is 2. The van der Waals surface area contributed by atoms with Gasteiger partial charge >= 0.3 is 17.9 Å². The van der Waals surface area contributed by atoms with E-state index in [1.807, 2.05) is 78.9 Å². The van der Waals surface area contributed by atoms with E-state index in [-0.39, 0.29) is 59.1 Å². The van der Waals surface area contributed by atoms with Gasteiger partial charge in [0.2, 0.25) is 0 Å². The number of rotatable bonds is 16. The first kappa shape index (κ1) is 57.2. The fourth-order valence-corrected chi connectivity index (χ4v) is 8.58. The predicted octanol–water partition coefficient (Wildman–Crippen LogP) is 12.0. The molecular weight excluding hydrogens is 1060 g/mol. The van der Waals surface area contributed by atoms with E-state index in [2.05, 4.69) is 46.3 Å². The van der Waals surface area contributed by atoms with Crippen LogP contribution < -0.4 is 22.1 Å². The van der Waals surface area contributed by atoms with Gasteiger partial charge in [-0.15, -0.1) is 0 Å². The van der Waals surface area contributed by atoms with E-state index in [0.29, 0.717) is 86.6 Å². The number of nitrogen functional groups attached to an aromatic ring is 2. The van der Waals surface area contributed by atoms with Gasteiger partial charge in [0.15, 0.2) is 23.1 Å². The molecule has 400 valence electrons. The summed E-state index contributed by atoms with van der Waals surface area (Å²) in [7, 11) is 0. The number of benzene rings is 7. The largest absolute Gasteiger partial charge is 0.462 e. The maximum atomic E-state index is 13.7. The number of esters is 3. The van der Waals surface area contributed by atoms with E-state index in [1.54, 1.807) is 75.4 Å². The molecule has 7 aromatic carbocycles. The van der Waals surface area contributed by atoms with E-state index in [1.165, 1.54) is 12.1 Å². The van der Waals surface area contributed by atoms with Crippen LogP contribution in [0.2, 0.25) is 0 Å². The van der Waals surface area contributed by atoms with E-state index >= 15 is 0 Å². The minimum absolute atomic E-state index is 0.209. The molecular formula is C64H57BrN4O10. The lowest BCUT2D eigenvalue weighted by Crippen LogP contribution is -2.22. The number of ketones is 4. The Hall–Kier alpha value is -9.47. The van der Waals surface area contributed by atoms with Crippen LogP contribution in [0.5, 0.6) is 0 Å². The van der Waals surface area contributed by atoms with Crippen molar-refractivity contribution in [3.63, 3.8) is 0 Å². The maximum Gasteiger partial charge on any atom is 0.333 e. The number of hydrogen-bond acceptors (Lipinski definition) is 14. The Balaban J connectivity index is 0.000000221. The van der Waals surface area contributed by atoms with Crippen molar-refractivity contribution in [1.82, 2.24) is 0 Å². The third-order valence-corrected chi connectivity index (χ3v) is 12.9. The predicted molar refractivity (Wildman–Crippen MR) is 310 cm³/mol. The number of ether oxygens (including phenoxy) is 3. The Bertz CT molecular complexity index is 3570. The number of hydrogen-bond donors (Lipinski definition) is 4. The lowest BCUT2D eigenvalue weighted by molar-refractivity contribution is -0.139. The number of carbonyl (C=O) groups excluding carboxylic acids is 7. The van der Waals surface area contributed by atoms with Crippen molar-refractivity contribution in [3.05, 3.63) is 248 Å². The van der Waals surface area contributed by atoms with Crippen LogP contribution in [0.1, 0.15) is 101 Å². The molecule has 0 radical (unpaired) electrons. The lowest BCUT2D eigenvalue weighted by atomic mass is 9.83. The molecule has 6 N–H and O–H groups in total. The Morgan fingerprint density at radius 2 is 0.810 bits per heavy atom. The van der Waals surface area contributed by atoms with Gasteiger partial charge in [-0.05, 0) is 98.1 Å². The molecule has 14 nitrogen and oxygen atoms in total. The number of carbonyl (C=O) groups is 7. The fraction of sp³-hybridized carbons (Fsp3) is 0.141. The van der Waals surface area contributed by atoms with Gasteiger partial charge in [-0.3, -0.25) is 19.2 Å². The highest BCUT2D eigenvalue weighted by Gasteiger charge is 2.33. The lowest BCUT2D eigenvalue weighted by Gasteiger charge is -2.22. The van der Waals surface area contributed by atoms with E-state index in [9.17, 15) is 33.6 Å². The van der Waals surface area contributed by atoms with Gasteiger partial charge < -0.3 is 36.3 Å². The van der Waals surface area contributed by atoms with Gasteiger partial charge in [0.05, 0.1) is 36.6 Å². The molecule has 7 aromatic rings. The Labute approximate surface area is 466 Å². The molecule has 0 saturated carbocycles. The minimum Gasteiger partial charge on any atom is -0.462 e. The summed E-state index contributed by atoms with van der Waals surface area (Å²) < 4.78 is 16.4. The highest BCUT2D eigenvalue weighted by molar-refractivity contribution is 9.10. The normalized spacial score (nSPS) is 11.6. The first-order valence-electron chi connectivity index (χ1n) is 25.0. The van der Waals surface area contributed by atoms with Crippen LogP contribution in [-0.2, 0) is 47.9 Å². The van der Waals surface area contributed by atoms with Crippen molar-refractivity contribution in [2.75, 3.05) is 41.9 Å². The zero-order valence-corrected chi connectivity index (χ0v) is 45.4. The number of fused-ring (bicyclic) bond motifs is 4. The number of anilines is 6. The Morgan fingerprint density at radius 3 is 1.23 bits per heavy atom. The fourth-order valence-electron chi connectivity index (χ4n) is 8.31. The second kappa shape index (κ2) is 26.1. The van der Waals surface area contributed by atoms with Crippen LogP contribution in [0.15, 0.2) is 187 Å². The highest BCUT2D eigenvalue weighted by Crippen LogP contribution is 2.37. The monoisotopic (exact) mass is 1120 g/mol. The number of nitrogens with one attached hydrogen (secondary N) is 2. The molecule has 0 bridgehead atoms. The first-order chi connectivity index (χ1) is 37.8. The topological polar surface area (TPSA) is 223 Å². The molecule has 0 aliphatic heterocycles. The van der Waals surface area contributed by atoms with Crippen LogP contribution in [0.3, 0.4) is 0 Å². The SMILES string of the molecule is C=C(C)C(=O)OCCc1ccc(Br)cc1.C=C(C)C(=O)OCCc1ccc(Nc2cc(Nc3ccc(CCOC(=O)C(=C)C)cc3)c3c(c2)C(=O)c2ccccc2C3=O)cc1.Nc1cc(N)c2c(c1)C(=O)c1ccccc1C2=O. The average molecular weight is 1120 g/mol. The molecule has 0 fully saturated rings. The molecule has 0 heterocycles. The molecule has 0 atom stereocenters. The van der Waals surface area contributed by atoms with E-state index in [4.69, 9.17) is 25.7 Å². The first-order valence-corrected chi connectivity index (χ1v) is 25.8. The summed E-state index contributed by atoms with van der Waals surface area (Å²) in [6, 6.07) is 43.2. The standard InChI is InChI=1S/C38H34N2O6.C14H10N2O2.C12H13BrO2/c1-23(2)37(43)45-19-17-25-9-13-27(14-10-25)39-29-21-32-34(36(42)31-8-6-5-7-30(31)35(32)41)33(22-29)40-28-15-11-26(12-16-28)18-20-46-38(44)24(3)4;15-7-5-10-12(11(16)6-7)14(18)9-4-2-1-3-8(9)13(10)17;1-9(2)12(14)15-8-7-10-3-5-11(13)6-4-10/h5-16,21-22,39-40H,1,3,17-20H2,2,4H3;1-6H,15-16H2;3-6H,1,7-8H2,2H3. The second-order valence-corrected chi connectivity index (χ2v) is 19.6. The highest BCUT2D eigenvalue weighted by atomic mass is 79.9. The molecule has 0 saturated heterocycles. The smallest absolute Gasteiger partial charge is 0.333 e. The van der Waals surface area contributed by atoms with Crippen molar-refractivity contribution in [3.8, 4) is 0 Å².